The van der Waals surface area contributed by atoms with Crippen molar-refractivity contribution in [2.24, 2.45) is 10.2 Å². The topological polar surface area (TPSA) is 123 Å². The van der Waals surface area contributed by atoms with Crippen molar-refractivity contribution >= 4 is 66.2 Å². The third-order valence-corrected chi connectivity index (χ3v) is 7.57. The summed E-state index contributed by atoms with van der Waals surface area (Å²) in [4.78, 5) is 14.0. The second-order valence-corrected chi connectivity index (χ2v) is 10.7. The minimum absolute atomic E-state index is 0.0980. The fourth-order valence-corrected chi connectivity index (χ4v) is 5.24. The van der Waals surface area contributed by atoms with Gasteiger partial charge in [0.1, 0.15) is 0 Å². The number of carbonyl (C=O) groups excluding carboxylic acids is 1. The maximum atomic E-state index is 12.9. The molecule has 36 heavy (non-hydrogen) atoms. The highest BCUT2D eigenvalue weighted by atomic mass is 32.2. The molecule has 0 saturated carbocycles. The molecule has 11 heteroatoms. The Morgan fingerprint density at radius 2 is 1.58 bits per heavy atom. The molecule has 0 aliphatic carbocycles. The maximum Gasteiger partial charge on any atom is 0.267 e. The van der Waals surface area contributed by atoms with E-state index in [1.807, 2.05) is 49.3 Å². The van der Waals surface area contributed by atoms with Gasteiger partial charge >= 0.3 is 0 Å². The van der Waals surface area contributed by atoms with Gasteiger partial charge in [0.25, 0.3) is 15.9 Å². The highest BCUT2D eigenvalue weighted by Gasteiger charge is 2.15. The SMILES string of the molecule is CN(C)c1ccc(/N=N/c2ccc(S(=O)(=O)Nc3ccc4sc(/C=C/C(=O)NO)cc4c3)cc2)cc1. The van der Waals surface area contributed by atoms with Crippen molar-refractivity contribution < 1.29 is 18.4 Å². The van der Waals surface area contributed by atoms with Gasteiger partial charge in [-0.05, 0) is 84.3 Å². The van der Waals surface area contributed by atoms with Crippen LogP contribution >= 0.6 is 11.3 Å². The molecular weight excluding hydrogens is 498 g/mol. The standard InChI is InChI=1S/C25H23N5O4S2/c1-30(2)21-8-3-18(4-9-21)26-27-19-5-11-23(12-6-19)36(33,34)29-20-7-13-24-17(15-20)16-22(35-24)10-14-25(31)28-32/h3-16,29,32H,1-2H3,(H,28,31)/b14-10+,27-26+. The monoisotopic (exact) mass is 521 g/mol. The van der Waals surface area contributed by atoms with E-state index >= 15 is 0 Å². The molecule has 0 atom stereocenters. The molecule has 1 aromatic heterocycles. The van der Waals surface area contributed by atoms with E-state index < -0.39 is 15.9 Å². The van der Waals surface area contributed by atoms with Crippen LogP contribution in [0.15, 0.2) is 94.0 Å². The molecule has 3 aromatic carbocycles. The van der Waals surface area contributed by atoms with Gasteiger partial charge in [-0.3, -0.25) is 14.7 Å². The molecule has 0 spiro atoms. The van der Waals surface area contributed by atoms with E-state index in [0.717, 1.165) is 20.7 Å². The first kappa shape index (κ1) is 25.0. The van der Waals surface area contributed by atoms with E-state index in [1.165, 1.54) is 35.0 Å². The number of sulfonamides is 1. The molecule has 4 rings (SSSR count). The van der Waals surface area contributed by atoms with Gasteiger partial charge in [0.15, 0.2) is 0 Å². The van der Waals surface area contributed by atoms with E-state index in [4.69, 9.17) is 5.21 Å². The first-order valence-electron chi connectivity index (χ1n) is 10.7. The van der Waals surface area contributed by atoms with Gasteiger partial charge in [-0.1, -0.05) is 0 Å². The minimum atomic E-state index is -3.82. The average molecular weight is 522 g/mol. The lowest BCUT2D eigenvalue weighted by Gasteiger charge is -2.11. The van der Waals surface area contributed by atoms with Crippen LogP contribution in [0.3, 0.4) is 0 Å². The Bertz CT molecular complexity index is 1540. The van der Waals surface area contributed by atoms with Gasteiger partial charge in [0, 0.05) is 41.1 Å². The van der Waals surface area contributed by atoms with Crippen LogP contribution in [0.2, 0.25) is 0 Å². The normalized spacial score (nSPS) is 11.9. The Hall–Kier alpha value is -4.06. The maximum absolute atomic E-state index is 12.9. The van der Waals surface area contributed by atoms with Crippen molar-refractivity contribution in [1.82, 2.24) is 5.48 Å². The van der Waals surface area contributed by atoms with Crippen LogP contribution < -0.4 is 15.1 Å². The lowest BCUT2D eigenvalue weighted by atomic mass is 10.2. The fraction of sp³-hybridized carbons (Fsp3) is 0.0800. The molecule has 0 fully saturated rings. The second kappa shape index (κ2) is 10.7. The van der Waals surface area contributed by atoms with Crippen LogP contribution in [0.5, 0.6) is 0 Å². The number of azo groups is 1. The van der Waals surface area contributed by atoms with E-state index in [2.05, 4.69) is 15.0 Å². The smallest absolute Gasteiger partial charge is 0.267 e. The zero-order valence-corrected chi connectivity index (χ0v) is 21.0. The molecule has 184 valence electrons. The largest absolute Gasteiger partial charge is 0.378 e. The summed E-state index contributed by atoms with van der Waals surface area (Å²) in [6.45, 7) is 0. The number of anilines is 2. The number of carbonyl (C=O) groups is 1. The summed E-state index contributed by atoms with van der Waals surface area (Å²) in [7, 11) is 0.101. The molecule has 0 unspecified atom stereocenters. The van der Waals surface area contributed by atoms with Crippen LogP contribution in [0.25, 0.3) is 16.2 Å². The number of benzene rings is 3. The average Bonchev–Trinajstić information content (AvgIpc) is 3.28. The first-order valence-corrected chi connectivity index (χ1v) is 13.0. The Balaban J connectivity index is 1.45. The number of amides is 1. The number of fused-ring (bicyclic) bond motifs is 1. The Morgan fingerprint density at radius 1 is 0.944 bits per heavy atom. The molecule has 0 radical (unpaired) electrons. The van der Waals surface area contributed by atoms with E-state index in [-0.39, 0.29) is 4.90 Å². The van der Waals surface area contributed by atoms with Crippen LogP contribution in [-0.2, 0) is 14.8 Å². The van der Waals surface area contributed by atoms with Crippen LogP contribution in [0.4, 0.5) is 22.7 Å². The predicted octanol–water partition coefficient (Wildman–Crippen LogP) is 5.70. The Kier molecular flexibility index (Phi) is 7.44. The van der Waals surface area contributed by atoms with Crippen LogP contribution in [0, 0.1) is 0 Å². The minimum Gasteiger partial charge on any atom is -0.378 e. The number of rotatable bonds is 8. The molecule has 0 bridgehead atoms. The summed E-state index contributed by atoms with van der Waals surface area (Å²) in [5.74, 6) is -0.632. The van der Waals surface area contributed by atoms with Crippen molar-refractivity contribution in [3.63, 3.8) is 0 Å². The summed E-state index contributed by atoms with van der Waals surface area (Å²) >= 11 is 1.43. The zero-order chi connectivity index (χ0) is 25.7. The van der Waals surface area contributed by atoms with Gasteiger partial charge in [0.2, 0.25) is 0 Å². The van der Waals surface area contributed by atoms with Gasteiger partial charge in [-0.25, -0.2) is 13.9 Å². The van der Waals surface area contributed by atoms with Crippen molar-refractivity contribution in [3.05, 3.63) is 83.7 Å². The molecule has 4 aromatic rings. The summed E-state index contributed by atoms with van der Waals surface area (Å²) in [5.41, 5.74) is 4.22. The number of hydrogen-bond donors (Lipinski definition) is 3. The van der Waals surface area contributed by atoms with E-state index in [9.17, 15) is 13.2 Å². The molecule has 3 N–H and O–H groups in total. The second-order valence-electron chi connectivity index (χ2n) is 7.92. The summed E-state index contributed by atoms with van der Waals surface area (Å²) in [6.07, 6.45) is 2.77. The van der Waals surface area contributed by atoms with Crippen molar-refractivity contribution in [3.8, 4) is 0 Å². The third kappa shape index (κ3) is 6.13. The Morgan fingerprint density at radius 3 is 2.19 bits per heavy atom. The molecule has 1 heterocycles. The highest BCUT2D eigenvalue weighted by Crippen LogP contribution is 2.30. The molecule has 0 saturated heterocycles. The van der Waals surface area contributed by atoms with Gasteiger partial charge in [-0.15, -0.1) is 11.3 Å². The summed E-state index contributed by atoms with van der Waals surface area (Å²) < 4.78 is 29.3. The van der Waals surface area contributed by atoms with Gasteiger partial charge in [0.05, 0.1) is 16.3 Å². The van der Waals surface area contributed by atoms with Crippen molar-refractivity contribution in [1.29, 1.82) is 0 Å². The van der Waals surface area contributed by atoms with E-state index in [0.29, 0.717) is 17.1 Å². The van der Waals surface area contributed by atoms with Gasteiger partial charge in [-0.2, -0.15) is 10.2 Å². The molecule has 9 nitrogen and oxygen atoms in total. The lowest BCUT2D eigenvalue weighted by molar-refractivity contribution is -0.124. The number of hydroxylamine groups is 1. The molecule has 1 amide bonds. The fourth-order valence-electron chi connectivity index (χ4n) is 3.24. The number of thiophene rings is 1. The number of hydrogen-bond acceptors (Lipinski definition) is 8. The predicted molar refractivity (Wildman–Crippen MR) is 143 cm³/mol. The molecule has 0 aliphatic rings. The van der Waals surface area contributed by atoms with Crippen LogP contribution in [-0.4, -0.2) is 33.6 Å². The Labute approximate surface area is 212 Å². The van der Waals surface area contributed by atoms with Crippen LogP contribution in [0.1, 0.15) is 4.88 Å². The molecule has 0 aliphatic heterocycles. The number of nitrogens with one attached hydrogen (secondary N) is 2. The molecular formula is C25H23N5O4S2. The summed E-state index contributed by atoms with van der Waals surface area (Å²) in [6, 6.07) is 20.8. The van der Waals surface area contributed by atoms with Crippen molar-refractivity contribution in [2.45, 2.75) is 4.90 Å². The first-order chi connectivity index (χ1) is 17.2. The summed E-state index contributed by atoms with van der Waals surface area (Å²) in [5, 5.41) is 17.8. The highest BCUT2D eigenvalue weighted by molar-refractivity contribution is 7.92. The quantitative estimate of drug-likeness (QED) is 0.119. The van der Waals surface area contributed by atoms with Crippen molar-refractivity contribution in [2.75, 3.05) is 23.7 Å². The van der Waals surface area contributed by atoms with E-state index in [1.54, 1.807) is 36.4 Å². The number of nitrogens with zero attached hydrogens (tertiary/aromatic N) is 3. The third-order valence-electron chi connectivity index (χ3n) is 5.09. The zero-order valence-electron chi connectivity index (χ0n) is 19.4. The van der Waals surface area contributed by atoms with Gasteiger partial charge < -0.3 is 4.90 Å². The lowest BCUT2D eigenvalue weighted by Crippen LogP contribution is -2.14.